The molecule has 35 heavy (non-hydrogen) atoms. The highest BCUT2D eigenvalue weighted by atomic mass is 16.7. The number of methoxy groups -OCH3 is 1. The molecular formula is C22H22O13. The van der Waals surface area contributed by atoms with Crippen LogP contribution in [0, 0.1) is 0 Å². The van der Waals surface area contributed by atoms with E-state index in [2.05, 4.69) is 0 Å². The molecule has 188 valence electrons. The van der Waals surface area contributed by atoms with Crippen LogP contribution >= 0.6 is 0 Å². The number of fused-ring (bicyclic) bond motifs is 1. The second kappa shape index (κ2) is 9.13. The summed E-state index contributed by atoms with van der Waals surface area (Å²) in [5, 5.41) is 79.6. The zero-order valence-electron chi connectivity index (χ0n) is 18.0. The van der Waals surface area contributed by atoms with Gasteiger partial charge in [-0.2, -0.15) is 0 Å². The standard InChI is InChI=1S/C22H22O13/c1-32-21-16(29)13-10(26)5-11(33-22-18(31)17(30)14(27)12(6-23)34-22)15(28)20(13)35-19(21)7-2-3-8(24)9(25)4-7/h2-5,12,14,17-18,22-28,30-31H,6H2,1H3/t12-,14-,17+,18-,22-/m1/s1. The average molecular weight is 494 g/mol. The van der Waals surface area contributed by atoms with Gasteiger partial charge in [-0.3, -0.25) is 4.79 Å². The number of aromatic hydroxyl groups is 4. The molecule has 0 bridgehead atoms. The average Bonchev–Trinajstić information content (AvgIpc) is 2.83. The largest absolute Gasteiger partial charge is 0.507 e. The molecule has 0 radical (unpaired) electrons. The van der Waals surface area contributed by atoms with Crippen molar-refractivity contribution in [3.8, 4) is 45.8 Å². The Balaban J connectivity index is 1.85. The summed E-state index contributed by atoms with van der Waals surface area (Å²) in [7, 11) is 1.16. The third-order valence-electron chi connectivity index (χ3n) is 5.58. The third-order valence-corrected chi connectivity index (χ3v) is 5.58. The molecule has 4 rings (SSSR count). The van der Waals surface area contributed by atoms with E-state index in [0.29, 0.717) is 0 Å². The molecule has 5 atom stereocenters. The highest BCUT2D eigenvalue weighted by molar-refractivity contribution is 5.93. The first-order chi connectivity index (χ1) is 16.6. The van der Waals surface area contributed by atoms with Crippen molar-refractivity contribution < 1.29 is 59.5 Å². The lowest BCUT2D eigenvalue weighted by Gasteiger charge is -2.39. The van der Waals surface area contributed by atoms with E-state index in [1.54, 1.807) is 0 Å². The first kappa shape index (κ1) is 24.4. The minimum absolute atomic E-state index is 0.0790. The first-order valence-electron chi connectivity index (χ1n) is 10.2. The lowest BCUT2D eigenvalue weighted by Crippen LogP contribution is -2.60. The van der Waals surface area contributed by atoms with Crippen molar-refractivity contribution in [2.75, 3.05) is 13.7 Å². The van der Waals surface area contributed by atoms with Crippen molar-refractivity contribution in [3.63, 3.8) is 0 Å². The first-order valence-corrected chi connectivity index (χ1v) is 10.2. The van der Waals surface area contributed by atoms with E-state index in [9.17, 15) is 45.6 Å². The number of rotatable bonds is 5. The van der Waals surface area contributed by atoms with Crippen LogP contribution < -0.4 is 14.9 Å². The van der Waals surface area contributed by atoms with Gasteiger partial charge in [-0.25, -0.2) is 0 Å². The fourth-order valence-corrected chi connectivity index (χ4v) is 3.71. The Morgan fingerprint density at radius 2 is 1.66 bits per heavy atom. The van der Waals surface area contributed by atoms with Gasteiger partial charge in [0.2, 0.25) is 23.2 Å². The van der Waals surface area contributed by atoms with Gasteiger partial charge < -0.3 is 59.5 Å². The van der Waals surface area contributed by atoms with Crippen LogP contribution in [0.25, 0.3) is 22.3 Å². The quantitative estimate of drug-likeness (QED) is 0.165. The SMILES string of the molecule is COc1c(-c2ccc(O)c(O)c2)oc2c(O)c(O[C@@H]3O[C@H](CO)[C@@H](O)[C@H](O)[C@H]3O)cc(O)c2c1=O. The number of hydrogen-bond acceptors (Lipinski definition) is 13. The predicted molar refractivity (Wildman–Crippen MR) is 116 cm³/mol. The number of ether oxygens (including phenoxy) is 3. The minimum atomic E-state index is -1.82. The van der Waals surface area contributed by atoms with Crippen LogP contribution in [-0.2, 0) is 4.74 Å². The van der Waals surface area contributed by atoms with Crippen molar-refractivity contribution in [3.05, 3.63) is 34.5 Å². The van der Waals surface area contributed by atoms with Crippen LogP contribution in [0.15, 0.2) is 33.5 Å². The van der Waals surface area contributed by atoms with Gasteiger partial charge >= 0.3 is 0 Å². The van der Waals surface area contributed by atoms with Crippen molar-refractivity contribution in [1.82, 2.24) is 0 Å². The maximum absolute atomic E-state index is 13.0. The molecule has 0 amide bonds. The van der Waals surface area contributed by atoms with Gasteiger partial charge in [0.05, 0.1) is 13.7 Å². The molecule has 1 fully saturated rings. The number of phenolic OH excluding ortho intramolecular Hbond substituents is 4. The van der Waals surface area contributed by atoms with Gasteiger partial charge in [0.1, 0.15) is 35.6 Å². The van der Waals surface area contributed by atoms with Gasteiger partial charge in [0.25, 0.3) is 0 Å². The predicted octanol–water partition coefficient (Wildman–Crippen LogP) is -0.530. The molecule has 2 aromatic carbocycles. The van der Waals surface area contributed by atoms with Gasteiger partial charge in [-0.05, 0) is 18.2 Å². The van der Waals surface area contributed by atoms with Crippen molar-refractivity contribution in [2.45, 2.75) is 30.7 Å². The van der Waals surface area contributed by atoms with E-state index < -0.39 is 82.5 Å². The number of aliphatic hydroxyl groups is 4. The smallest absolute Gasteiger partial charge is 0.239 e. The maximum Gasteiger partial charge on any atom is 0.239 e. The number of hydrogen-bond donors (Lipinski definition) is 8. The monoisotopic (exact) mass is 494 g/mol. The van der Waals surface area contributed by atoms with Crippen molar-refractivity contribution >= 4 is 11.0 Å². The topological polar surface area (TPSA) is 220 Å². The second-order valence-corrected chi connectivity index (χ2v) is 7.76. The lowest BCUT2D eigenvalue weighted by molar-refractivity contribution is -0.277. The van der Waals surface area contributed by atoms with E-state index in [-0.39, 0.29) is 17.1 Å². The fraction of sp³-hybridized carbons (Fsp3) is 0.318. The summed E-state index contributed by atoms with van der Waals surface area (Å²) in [5.41, 5.74) is -1.36. The molecule has 0 unspecified atom stereocenters. The summed E-state index contributed by atoms with van der Waals surface area (Å²) >= 11 is 0. The molecule has 13 heteroatoms. The second-order valence-electron chi connectivity index (χ2n) is 7.76. The number of benzene rings is 2. The van der Waals surface area contributed by atoms with E-state index >= 15 is 0 Å². The molecule has 3 aromatic rings. The molecule has 13 nitrogen and oxygen atoms in total. The molecule has 1 aromatic heterocycles. The number of aliphatic hydroxyl groups excluding tert-OH is 4. The van der Waals surface area contributed by atoms with Crippen molar-refractivity contribution in [1.29, 1.82) is 0 Å². The van der Waals surface area contributed by atoms with Gasteiger partial charge in [-0.15, -0.1) is 0 Å². The molecule has 0 aliphatic carbocycles. The van der Waals surface area contributed by atoms with Gasteiger partial charge in [0.15, 0.2) is 28.6 Å². The van der Waals surface area contributed by atoms with E-state index in [4.69, 9.17) is 18.6 Å². The Morgan fingerprint density at radius 3 is 2.29 bits per heavy atom. The Hall–Kier alpha value is -3.75. The molecule has 1 saturated heterocycles. The van der Waals surface area contributed by atoms with E-state index in [1.807, 2.05) is 0 Å². The Bertz CT molecular complexity index is 1320. The summed E-state index contributed by atoms with van der Waals surface area (Å²) in [4.78, 5) is 13.0. The van der Waals surface area contributed by atoms with E-state index in [0.717, 1.165) is 25.3 Å². The Morgan fingerprint density at radius 1 is 0.943 bits per heavy atom. The molecular weight excluding hydrogens is 472 g/mol. The molecule has 1 aliphatic rings. The third kappa shape index (κ3) is 4.05. The Labute approximate surface area is 195 Å². The minimum Gasteiger partial charge on any atom is -0.507 e. The summed E-state index contributed by atoms with van der Waals surface area (Å²) in [5.74, 6) is -3.65. The summed E-state index contributed by atoms with van der Waals surface area (Å²) in [6.07, 6.45) is -8.23. The van der Waals surface area contributed by atoms with Crippen LogP contribution in [0.5, 0.6) is 34.5 Å². The van der Waals surface area contributed by atoms with Gasteiger partial charge in [-0.1, -0.05) is 0 Å². The lowest BCUT2D eigenvalue weighted by atomic mass is 9.99. The zero-order valence-corrected chi connectivity index (χ0v) is 18.0. The molecule has 1 aliphatic heterocycles. The molecule has 0 saturated carbocycles. The zero-order chi connectivity index (χ0) is 25.6. The van der Waals surface area contributed by atoms with Crippen molar-refractivity contribution in [2.24, 2.45) is 0 Å². The Kier molecular flexibility index (Phi) is 6.36. The van der Waals surface area contributed by atoms with Crippen LogP contribution in [0.3, 0.4) is 0 Å². The normalized spacial score (nSPS) is 24.4. The summed E-state index contributed by atoms with van der Waals surface area (Å²) in [6.45, 7) is -0.725. The highest BCUT2D eigenvalue weighted by Gasteiger charge is 2.45. The molecule has 0 spiro atoms. The van der Waals surface area contributed by atoms with Crippen LogP contribution in [0.4, 0.5) is 0 Å². The number of phenols is 4. The highest BCUT2D eigenvalue weighted by Crippen LogP contribution is 2.44. The van der Waals surface area contributed by atoms with Crippen LogP contribution in [0.2, 0.25) is 0 Å². The van der Waals surface area contributed by atoms with Crippen LogP contribution in [0.1, 0.15) is 0 Å². The van der Waals surface area contributed by atoms with Crippen LogP contribution in [-0.4, -0.2) is 85.3 Å². The molecule has 8 N–H and O–H groups in total. The van der Waals surface area contributed by atoms with E-state index in [1.165, 1.54) is 6.07 Å². The fourth-order valence-electron chi connectivity index (χ4n) is 3.71. The van der Waals surface area contributed by atoms with Gasteiger partial charge in [0, 0.05) is 11.6 Å². The summed E-state index contributed by atoms with van der Waals surface area (Å²) < 4.78 is 21.4. The molecule has 2 heterocycles. The maximum atomic E-state index is 13.0. The summed E-state index contributed by atoms with van der Waals surface area (Å²) in [6, 6.07) is 4.34.